The summed E-state index contributed by atoms with van der Waals surface area (Å²) in [6, 6.07) is 14.5. The minimum atomic E-state index is -1.72. The van der Waals surface area contributed by atoms with Crippen LogP contribution < -0.4 is 10.6 Å². The van der Waals surface area contributed by atoms with Gasteiger partial charge in [0.2, 0.25) is 3.79 Å². The summed E-state index contributed by atoms with van der Waals surface area (Å²) >= 11 is 21.3. The van der Waals surface area contributed by atoms with E-state index in [0.29, 0.717) is 5.56 Å². The topological polar surface area (TPSA) is 41.1 Å². The lowest BCUT2D eigenvalue weighted by Gasteiger charge is -2.27. The molecule has 0 fully saturated rings. The molecule has 0 aliphatic carbocycles. The molecule has 3 nitrogen and oxygen atoms in total. The van der Waals surface area contributed by atoms with Gasteiger partial charge in [-0.15, -0.1) is 0 Å². The smallest absolute Gasteiger partial charge is 0.253 e. The zero-order chi connectivity index (χ0) is 17.0. The second-order valence-electron chi connectivity index (χ2n) is 4.91. The number of rotatable bonds is 4. The molecule has 0 saturated carbocycles. The van der Waals surface area contributed by atoms with Gasteiger partial charge in [0.05, 0.1) is 0 Å². The van der Waals surface area contributed by atoms with Gasteiger partial charge in [-0.1, -0.05) is 68.9 Å². The Kier molecular flexibility index (Phi) is 6.20. The monoisotopic (exact) mass is 434 g/mol. The lowest BCUT2D eigenvalue weighted by molar-refractivity contribution is 0.0941. The van der Waals surface area contributed by atoms with Crippen molar-refractivity contribution in [2.24, 2.45) is 0 Å². The highest BCUT2D eigenvalue weighted by molar-refractivity contribution is 9.10. The van der Waals surface area contributed by atoms with Crippen LogP contribution in [0.25, 0.3) is 0 Å². The van der Waals surface area contributed by atoms with Crippen molar-refractivity contribution in [2.75, 3.05) is 5.32 Å². The first-order chi connectivity index (χ1) is 10.8. The minimum absolute atomic E-state index is 0.316. The van der Waals surface area contributed by atoms with E-state index in [9.17, 15) is 4.79 Å². The Balaban J connectivity index is 2.18. The van der Waals surface area contributed by atoms with Gasteiger partial charge in [0.15, 0.2) is 0 Å². The fraction of sp³-hybridized carbons (Fsp3) is 0.188. The SMILES string of the molecule is Cc1ccccc1C(=O)NC(Nc1ccc(Br)cc1)C(Cl)(Cl)Cl. The van der Waals surface area contributed by atoms with Crippen LogP contribution in [-0.2, 0) is 0 Å². The molecule has 0 heterocycles. The van der Waals surface area contributed by atoms with Gasteiger partial charge in [-0.2, -0.15) is 0 Å². The fourth-order valence-corrected chi connectivity index (χ4v) is 2.54. The Hall–Kier alpha value is -0.940. The van der Waals surface area contributed by atoms with Crippen LogP contribution in [0.15, 0.2) is 53.0 Å². The van der Waals surface area contributed by atoms with E-state index in [2.05, 4.69) is 26.6 Å². The summed E-state index contributed by atoms with van der Waals surface area (Å²) in [6.07, 6.45) is -0.888. The van der Waals surface area contributed by atoms with Gasteiger partial charge < -0.3 is 10.6 Å². The maximum absolute atomic E-state index is 12.4. The largest absolute Gasteiger partial charge is 0.362 e. The number of nitrogens with one attached hydrogen (secondary N) is 2. The average Bonchev–Trinajstić information content (AvgIpc) is 2.48. The van der Waals surface area contributed by atoms with Gasteiger partial charge in [0.1, 0.15) is 6.17 Å². The molecule has 0 spiro atoms. The van der Waals surface area contributed by atoms with Crippen LogP contribution in [0.1, 0.15) is 15.9 Å². The standard InChI is InChI=1S/C16H14BrCl3N2O/c1-10-4-2-3-5-13(10)14(23)22-15(16(18,19)20)21-12-8-6-11(17)7-9-12/h2-9,15,21H,1H3,(H,22,23). The zero-order valence-electron chi connectivity index (χ0n) is 12.1. The molecule has 2 N–H and O–H groups in total. The quantitative estimate of drug-likeness (QED) is 0.505. The fourth-order valence-electron chi connectivity index (χ4n) is 1.95. The molecule has 1 amide bonds. The number of carbonyl (C=O) groups excluding carboxylic acids is 1. The second kappa shape index (κ2) is 7.75. The zero-order valence-corrected chi connectivity index (χ0v) is 16.0. The van der Waals surface area contributed by atoms with E-state index in [1.54, 1.807) is 12.1 Å². The van der Waals surface area contributed by atoms with Gasteiger partial charge in [-0.25, -0.2) is 0 Å². The first kappa shape index (κ1) is 18.4. The molecular formula is C16H14BrCl3N2O. The molecule has 7 heteroatoms. The van der Waals surface area contributed by atoms with Crippen molar-refractivity contribution in [3.05, 3.63) is 64.1 Å². The summed E-state index contributed by atoms with van der Waals surface area (Å²) in [5, 5.41) is 5.74. The Labute approximate surface area is 158 Å². The average molecular weight is 437 g/mol. The Morgan fingerprint density at radius 2 is 1.70 bits per heavy atom. The first-order valence-corrected chi connectivity index (χ1v) is 8.65. The summed E-state index contributed by atoms with van der Waals surface area (Å²) in [5.74, 6) is -0.316. The maximum Gasteiger partial charge on any atom is 0.253 e. The van der Waals surface area contributed by atoms with Gasteiger partial charge in [-0.3, -0.25) is 4.79 Å². The lowest BCUT2D eigenvalue weighted by Crippen LogP contribution is -2.49. The molecule has 0 radical (unpaired) electrons. The molecule has 0 aliphatic rings. The first-order valence-electron chi connectivity index (χ1n) is 6.72. The summed E-state index contributed by atoms with van der Waals surface area (Å²) in [4.78, 5) is 12.4. The van der Waals surface area contributed by atoms with Crippen molar-refractivity contribution < 1.29 is 4.79 Å². The van der Waals surface area contributed by atoms with Crippen LogP contribution in [0.5, 0.6) is 0 Å². The third-order valence-corrected chi connectivity index (χ3v) is 4.33. The number of alkyl halides is 3. The molecule has 1 atom stereocenters. The predicted molar refractivity (Wildman–Crippen MR) is 100 cm³/mol. The molecule has 122 valence electrons. The molecule has 2 rings (SSSR count). The number of anilines is 1. The van der Waals surface area contributed by atoms with Gasteiger partial charge >= 0.3 is 0 Å². The molecular weight excluding hydrogens is 422 g/mol. The normalized spacial score (nSPS) is 12.6. The highest BCUT2D eigenvalue weighted by atomic mass is 79.9. The highest BCUT2D eigenvalue weighted by Gasteiger charge is 2.34. The van der Waals surface area contributed by atoms with Crippen LogP contribution in [0, 0.1) is 6.92 Å². The molecule has 0 aromatic heterocycles. The third kappa shape index (κ3) is 5.28. The third-order valence-electron chi connectivity index (χ3n) is 3.15. The van der Waals surface area contributed by atoms with Crippen molar-refractivity contribution in [2.45, 2.75) is 16.9 Å². The molecule has 0 aliphatic heterocycles. The number of carbonyl (C=O) groups is 1. The number of amides is 1. The predicted octanol–water partition coefficient (Wildman–Crippen LogP) is 5.30. The Bertz CT molecular complexity index is 686. The van der Waals surface area contributed by atoms with E-state index >= 15 is 0 Å². The summed E-state index contributed by atoms with van der Waals surface area (Å²) < 4.78 is -0.789. The van der Waals surface area contributed by atoms with Crippen molar-refractivity contribution in [3.8, 4) is 0 Å². The van der Waals surface area contributed by atoms with Gasteiger partial charge in [0, 0.05) is 15.7 Å². The molecule has 0 bridgehead atoms. The summed E-state index contributed by atoms with van der Waals surface area (Å²) in [5.41, 5.74) is 2.09. The van der Waals surface area contributed by atoms with Gasteiger partial charge in [-0.05, 0) is 42.8 Å². The van der Waals surface area contributed by atoms with E-state index in [4.69, 9.17) is 34.8 Å². The van der Waals surface area contributed by atoms with E-state index < -0.39 is 9.96 Å². The van der Waals surface area contributed by atoms with Crippen molar-refractivity contribution in [3.63, 3.8) is 0 Å². The van der Waals surface area contributed by atoms with E-state index in [1.165, 1.54) is 0 Å². The van der Waals surface area contributed by atoms with Crippen LogP contribution in [0.2, 0.25) is 0 Å². The summed E-state index contributed by atoms with van der Waals surface area (Å²) in [6.45, 7) is 1.85. The number of benzene rings is 2. The number of halogens is 4. The van der Waals surface area contributed by atoms with Gasteiger partial charge in [0.25, 0.3) is 5.91 Å². The minimum Gasteiger partial charge on any atom is -0.362 e. The Morgan fingerprint density at radius 1 is 1.09 bits per heavy atom. The number of hydrogen-bond acceptors (Lipinski definition) is 2. The second-order valence-corrected chi connectivity index (χ2v) is 8.20. The van der Waals surface area contributed by atoms with E-state index in [-0.39, 0.29) is 5.91 Å². The number of hydrogen-bond donors (Lipinski definition) is 2. The molecule has 2 aromatic carbocycles. The van der Waals surface area contributed by atoms with Crippen LogP contribution in [0.3, 0.4) is 0 Å². The molecule has 23 heavy (non-hydrogen) atoms. The molecule has 0 saturated heterocycles. The van der Waals surface area contributed by atoms with E-state index in [1.807, 2.05) is 43.3 Å². The van der Waals surface area contributed by atoms with Crippen LogP contribution in [0.4, 0.5) is 5.69 Å². The summed E-state index contributed by atoms with van der Waals surface area (Å²) in [7, 11) is 0. The Morgan fingerprint density at radius 3 is 2.26 bits per heavy atom. The van der Waals surface area contributed by atoms with Crippen molar-refractivity contribution in [1.82, 2.24) is 5.32 Å². The van der Waals surface area contributed by atoms with Crippen molar-refractivity contribution >= 4 is 62.3 Å². The lowest BCUT2D eigenvalue weighted by atomic mass is 10.1. The van der Waals surface area contributed by atoms with Crippen LogP contribution >= 0.6 is 50.7 Å². The van der Waals surface area contributed by atoms with Crippen LogP contribution in [-0.4, -0.2) is 15.9 Å². The molecule has 2 aromatic rings. The number of aryl methyl sites for hydroxylation is 1. The molecule has 1 unspecified atom stereocenters. The van der Waals surface area contributed by atoms with Crippen molar-refractivity contribution in [1.29, 1.82) is 0 Å². The highest BCUT2D eigenvalue weighted by Crippen LogP contribution is 2.31. The van der Waals surface area contributed by atoms with E-state index in [0.717, 1.165) is 15.7 Å². The maximum atomic E-state index is 12.4.